The summed E-state index contributed by atoms with van der Waals surface area (Å²) in [6, 6.07) is 3.33. The van der Waals surface area contributed by atoms with E-state index >= 15 is 0 Å². The van der Waals surface area contributed by atoms with Crippen LogP contribution in [0, 0.1) is 12.8 Å². The van der Waals surface area contributed by atoms with E-state index in [0.29, 0.717) is 5.56 Å². The van der Waals surface area contributed by atoms with Gasteiger partial charge in [-0.1, -0.05) is 13.8 Å². The Hall–Kier alpha value is -1.61. The molecule has 0 spiro atoms. The van der Waals surface area contributed by atoms with Gasteiger partial charge in [0.15, 0.2) is 5.78 Å². The number of fused-ring (bicyclic) bond motifs is 1. The molecule has 1 aliphatic rings. The van der Waals surface area contributed by atoms with Crippen LogP contribution in [0.3, 0.4) is 0 Å². The second kappa shape index (κ2) is 3.95. The van der Waals surface area contributed by atoms with Gasteiger partial charge in [0.1, 0.15) is 11.4 Å². The van der Waals surface area contributed by atoms with Gasteiger partial charge in [0.2, 0.25) is 0 Å². The number of carbonyl (C=O) groups excluding carboxylic acids is 1. The van der Waals surface area contributed by atoms with E-state index in [9.17, 15) is 15.0 Å². The Bertz CT molecular complexity index is 551. The predicted molar refractivity (Wildman–Crippen MR) is 70.2 cm³/mol. The highest BCUT2D eigenvalue weighted by Crippen LogP contribution is 2.40. The molecule has 0 saturated heterocycles. The molecule has 3 heteroatoms. The van der Waals surface area contributed by atoms with Crippen LogP contribution < -0.4 is 0 Å². The van der Waals surface area contributed by atoms with Gasteiger partial charge in [0.05, 0.1) is 0 Å². The fourth-order valence-corrected chi connectivity index (χ4v) is 2.31. The summed E-state index contributed by atoms with van der Waals surface area (Å²) in [6.45, 7) is 7.28. The van der Waals surface area contributed by atoms with Crippen LogP contribution >= 0.6 is 0 Å². The van der Waals surface area contributed by atoms with E-state index in [1.165, 1.54) is 19.1 Å². The van der Waals surface area contributed by atoms with E-state index in [2.05, 4.69) is 0 Å². The van der Waals surface area contributed by atoms with Crippen LogP contribution in [0.5, 0.6) is 5.75 Å². The molecule has 3 nitrogen and oxygen atoms in total. The third-order valence-electron chi connectivity index (χ3n) is 3.56. The lowest BCUT2D eigenvalue weighted by molar-refractivity contribution is -0.131. The van der Waals surface area contributed by atoms with Gasteiger partial charge in [-0.15, -0.1) is 0 Å². The van der Waals surface area contributed by atoms with E-state index in [1.807, 2.05) is 19.9 Å². The number of phenols is 1. The highest BCUT2D eigenvalue weighted by atomic mass is 16.3. The molecule has 2 N–H and O–H groups in total. The van der Waals surface area contributed by atoms with Gasteiger partial charge in [-0.05, 0) is 54.7 Å². The first-order valence-electron chi connectivity index (χ1n) is 6.08. The van der Waals surface area contributed by atoms with Gasteiger partial charge in [-0.3, -0.25) is 4.79 Å². The number of allylic oxidation sites excluding steroid dienone is 1. The summed E-state index contributed by atoms with van der Waals surface area (Å²) >= 11 is 0. The van der Waals surface area contributed by atoms with Gasteiger partial charge in [0.25, 0.3) is 0 Å². The molecular weight excluding hydrogens is 228 g/mol. The number of rotatable bonds is 1. The van der Waals surface area contributed by atoms with Gasteiger partial charge in [-0.25, -0.2) is 0 Å². The second-order valence-electron chi connectivity index (χ2n) is 5.38. The van der Waals surface area contributed by atoms with Crippen molar-refractivity contribution < 1.29 is 15.0 Å². The quantitative estimate of drug-likeness (QED) is 0.800. The monoisotopic (exact) mass is 246 g/mol. The molecular formula is C15H18O3. The third kappa shape index (κ3) is 1.75. The number of aryl methyl sites for hydroxylation is 1. The number of benzene rings is 1. The van der Waals surface area contributed by atoms with E-state index < -0.39 is 5.60 Å². The Morgan fingerprint density at radius 3 is 2.44 bits per heavy atom. The van der Waals surface area contributed by atoms with Crippen LogP contribution in [0.4, 0.5) is 0 Å². The standard InChI is InChI=1S/C15H18O3/c1-8(2)10-6-14(17)15(4,18)12-7-13(16)9(3)5-11(10)12/h5-8,16,18H,1-4H3. The van der Waals surface area contributed by atoms with Gasteiger partial charge < -0.3 is 10.2 Å². The van der Waals surface area contributed by atoms with Crippen molar-refractivity contribution in [1.82, 2.24) is 0 Å². The number of aromatic hydroxyl groups is 1. The van der Waals surface area contributed by atoms with Gasteiger partial charge >= 0.3 is 0 Å². The van der Waals surface area contributed by atoms with E-state index in [0.717, 1.165) is 16.7 Å². The van der Waals surface area contributed by atoms with Crippen molar-refractivity contribution in [3.8, 4) is 5.75 Å². The molecule has 0 aromatic heterocycles. The fourth-order valence-electron chi connectivity index (χ4n) is 2.31. The molecule has 2 rings (SSSR count). The minimum atomic E-state index is -1.56. The van der Waals surface area contributed by atoms with Crippen LogP contribution in [0.25, 0.3) is 5.57 Å². The summed E-state index contributed by atoms with van der Waals surface area (Å²) in [5, 5.41) is 20.1. The minimum Gasteiger partial charge on any atom is -0.508 e. The third-order valence-corrected chi connectivity index (χ3v) is 3.56. The number of aliphatic hydroxyl groups is 1. The number of carbonyl (C=O) groups is 1. The van der Waals surface area contributed by atoms with Crippen LogP contribution in [-0.4, -0.2) is 16.0 Å². The Kier molecular flexibility index (Phi) is 2.82. The normalized spacial score (nSPS) is 23.0. The summed E-state index contributed by atoms with van der Waals surface area (Å²) < 4.78 is 0. The lowest BCUT2D eigenvalue weighted by atomic mass is 9.76. The Labute approximate surface area is 107 Å². The maximum absolute atomic E-state index is 12.0. The smallest absolute Gasteiger partial charge is 0.191 e. The van der Waals surface area contributed by atoms with E-state index in [1.54, 1.807) is 6.92 Å². The lowest BCUT2D eigenvalue weighted by Gasteiger charge is -2.31. The largest absolute Gasteiger partial charge is 0.508 e. The molecule has 1 aromatic rings. The van der Waals surface area contributed by atoms with Crippen molar-refractivity contribution in [2.24, 2.45) is 5.92 Å². The van der Waals surface area contributed by atoms with E-state index in [4.69, 9.17) is 0 Å². The average Bonchev–Trinajstić information content (AvgIpc) is 2.26. The average molecular weight is 246 g/mol. The first-order valence-corrected chi connectivity index (χ1v) is 6.08. The molecule has 0 saturated carbocycles. The van der Waals surface area contributed by atoms with Crippen LogP contribution in [0.2, 0.25) is 0 Å². The summed E-state index contributed by atoms with van der Waals surface area (Å²) in [6.07, 6.45) is 1.52. The maximum atomic E-state index is 12.0. The lowest BCUT2D eigenvalue weighted by Crippen LogP contribution is -2.35. The predicted octanol–water partition coefficient (Wildman–Crippen LogP) is 2.53. The van der Waals surface area contributed by atoms with Crippen LogP contribution in [0.15, 0.2) is 18.2 Å². The zero-order valence-electron chi connectivity index (χ0n) is 11.1. The second-order valence-corrected chi connectivity index (χ2v) is 5.38. The number of hydrogen-bond donors (Lipinski definition) is 2. The molecule has 0 bridgehead atoms. The van der Waals surface area contributed by atoms with Crippen molar-refractivity contribution in [2.45, 2.75) is 33.3 Å². The zero-order chi connectivity index (χ0) is 13.7. The topological polar surface area (TPSA) is 57.5 Å². The van der Waals surface area contributed by atoms with Crippen LogP contribution in [-0.2, 0) is 10.4 Å². The van der Waals surface area contributed by atoms with Crippen molar-refractivity contribution in [3.05, 3.63) is 34.9 Å². The molecule has 96 valence electrons. The molecule has 0 fully saturated rings. The van der Waals surface area contributed by atoms with Crippen molar-refractivity contribution in [1.29, 1.82) is 0 Å². The molecule has 1 atom stereocenters. The van der Waals surface area contributed by atoms with Crippen molar-refractivity contribution in [3.63, 3.8) is 0 Å². The first kappa shape index (κ1) is 12.8. The minimum absolute atomic E-state index is 0.104. The number of ketones is 1. The number of phenolic OH excluding ortho intramolecular Hbond substituents is 1. The highest BCUT2D eigenvalue weighted by molar-refractivity contribution is 6.06. The summed E-state index contributed by atoms with van der Waals surface area (Å²) in [7, 11) is 0. The molecule has 18 heavy (non-hydrogen) atoms. The molecule has 0 heterocycles. The molecule has 0 aliphatic heterocycles. The molecule has 1 aliphatic carbocycles. The fraction of sp³-hybridized carbons (Fsp3) is 0.400. The summed E-state index contributed by atoms with van der Waals surface area (Å²) in [5.74, 6) is -0.0403. The van der Waals surface area contributed by atoms with Crippen molar-refractivity contribution in [2.75, 3.05) is 0 Å². The van der Waals surface area contributed by atoms with Crippen molar-refractivity contribution >= 4 is 11.4 Å². The molecule has 0 radical (unpaired) electrons. The van der Waals surface area contributed by atoms with E-state index in [-0.39, 0.29) is 17.5 Å². The maximum Gasteiger partial charge on any atom is 0.191 e. The van der Waals surface area contributed by atoms with Gasteiger partial charge in [-0.2, -0.15) is 0 Å². The van der Waals surface area contributed by atoms with Crippen LogP contribution in [0.1, 0.15) is 37.5 Å². The Morgan fingerprint density at radius 1 is 1.28 bits per heavy atom. The number of hydrogen-bond acceptors (Lipinski definition) is 3. The zero-order valence-corrected chi connectivity index (χ0v) is 11.1. The molecule has 1 unspecified atom stereocenters. The molecule has 0 amide bonds. The molecule has 1 aromatic carbocycles. The van der Waals surface area contributed by atoms with Gasteiger partial charge in [0, 0.05) is 5.56 Å². The first-order chi connectivity index (χ1) is 8.25. The summed E-state index contributed by atoms with van der Waals surface area (Å²) in [4.78, 5) is 12.0. The SMILES string of the molecule is Cc1cc2c(cc1O)C(C)(O)C(=O)C=C2C(C)C. The highest BCUT2D eigenvalue weighted by Gasteiger charge is 2.38. The Morgan fingerprint density at radius 2 is 1.89 bits per heavy atom. The summed E-state index contributed by atoms with van der Waals surface area (Å²) in [5.41, 5.74) is 1.43. The Balaban J connectivity index is 2.77.